The largest absolute Gasteiger partial charge is 0.329 e. The number of hydrogen-bond donors (Lipinski definition) is 2. The van der Waals surface area contributed by atoms with Crippen LogP contribution in [0.5, 0.6) is 0 Å². The summed E-state index contributed by atoms with van der Waals surface area (Å²) >= 11 is 0. The molecule has 1 fully saturated rings. The van der Waals surface area contributed by atoms with Gasteiger partial charge in [-0.15, -0.1) is 12.4 Å². The lowest BCUT2D eigenvalue weighted by Crippen LogP contribution is -2.40. The Kier molecular flexibility index (Phi) is 6.46. The molecule has 0 saturated carbocycles. The van der Waals surface area contributed by atoms with Crippen molar-refractivity contribution in [2.45, 2.75) is 32.7 Å². The van der Waals surface area contributed by atoms with Crippen molar-refractivity contribution in [3.05, 3.63) is 29.3 Å². The Morgan fingerprint density at radius 2 is 2.20 bits per heavy atom. The van der Waals surface area contributed by atoms with E-state index in [0.717, 1.165) is 30.6 Å². The molecular formula is C15H24ClN3O. The third-order valence-electron chi connectivity index (χ3n) is 4.00. The smallest absolute Gasteiger partial charge is 0.238 e. The first-order valence-electron chi connectivity index (χ1n) is 6.92. The monoisotopic (exact) mass is 297 g/mol. The molecule has 1 aliphatic heterocycles. The summed E-state index contributed by atoms with van der Waals surface area (Å²) in [5, 5.41) is 3.00. The lowest BCUT2D eigenvalue weighted by molar-refractivity contribution is -0.117. The van der Waals surface area contributed by atoms with Crippen molar-refractivity contribution in [2.24, 2.45) is 5.73 Å². The van der Waals surface area contributed by atoms with Crippen molar-refractivity contribution in [3.63, 3.8) is 0 Å². The van der Waals surface area contributed by atoms with E-state index in [4.69, 9.17) is 5.73 Å². The van der Waals surface area contributed by atoms with E-state index in [9.17, 15) is 4.79 Å². The SMILES string of the molecule is Cc1cccc(NC(=O)CN2CCCC2CN)c1C.Cl. The summed E-state index contributed by atoms with van der Waals surface area (Å²) in [5.41, 5.74) is 8.96. The van der Waals surface area contributed by atoms with Gasteiger partial charge in [-0.1, -0.05) is 12.1 Å². The third kappa shape index (κ3) is 3.95. The van der Waals surface area contributed by atoms with Gasteiger partial charge in [-0.25, -0.2) is 0 Å². The van der Waals surface area contributed by atoms with Gasteiger partial charge >= 0.3 is 0 Å². The minimum Gasteiger partial charge on any atom is -0.329 e. The zero-order valence-electron chi connectivity index (χ0n) is 12.2. The van der Waals surface area contributed by atoms with Crippen LogP contribution < -0.4 is 11.1 Å². The molecule has 0 aromatic heterocycles. The first-order valence-corrected chi connectivity index (χ1v) is 6.92. The fourth-order valence-corrected chi connectivity index (χ4v) is 2.63. The molecule has 5 heteroatoms. The molecule has 20 heavy (non-hydrogen) atoms. The zero-order valence-corrected chi connectivity index (χ0v) is 13.0. The summed E-state index contributed by atoms with van der Waals surface area (Å²) in [6.45, 7) is 6.13. The molecule has 0 spiro atoms. The average Bonchev–Trinajstić information content (AvgIpc) is 2.82. The van der Waals surface area contributed by atoms with Crippen molar-refractivity contribution in [2.75, 3.05) is 25.0 Å². The molecule has 1 atom stereocenters. The molecule has 3 N–H and O–H groups in total. The molecule has 1 aliphatic rings. The molecule has 1 aromatic carbocycles. The van der Waals surface area contributed by atoms with Gasteiger partial charge in [0.05, 0.1) is 6.54 Å². The van der Waals surface area contributed by atoms with E-state index in [1.54, 1.807) is 0 Å². The van der Waals surface area contributed by atoms with E-state index < -0.39 is 0 Å². The maximum atomic E-state index is 12.1. The Morgan fingerprint density at radius 1 is 1.45 bits per heavy atom. The maximum absolute atomic E-state index is 12.1. The van der Waals surface area contributed by atoms with E-state index in [1.165, 1.54) is 5.56 Å². The second-order valence-electron chi connectivity index (χ2n) is 5.30. The maximum Gasteiger partial charge on any atom is 0.238 e. The molecule has 0 radical (unpaired) electrons. The number of benzene rings is 1. The molecule has 0 aliphatic carbocycles. The zero-order chi connectivity index (χ0) is 13.8. The van der Waals surface area contributed by atoms with Crippen LogP contribution in [0.1, 0.15) is 24.0 Å². The summed E-state index contributed by atoms with van der Waals surface area (Å²) in [4.78, 5) is 14.3. The van der Waals surface area contributed by atoms with Crippen molar-refractivity contribution in [1.29, 1.82) is 0 Å². The molecule has 1 aromatic rings. The number of nitrogens with one attached hydrogen (secondary N) is 1. The number of rotatable bonds is 4. The highest BCUT2D eigenvalue weighted by molar-refractivity contribution is 5.93. The van der Waals surface area contributed by atoms with Gasteiger partial charge in [0.1, 0.15) is 0 Å². The molecule has 2 rings (SSSR count). The van der Waals surface area contributed by atoms with Crippen LogP contribution in [0.25, 0.3) is 0 Å². The quantitative estimate of drug-likeness (QED) is 0.895. The Labute approximate surface area is 127 Å². The Bertz CT molecular complexity index is 464. The Hall–Kier alpha value is -1.10. The first-order chi connectivity index (χ1) is 9.11. The summed E-state index contributed by atoms with van der Waals surface area (Å²) in [6.07, 6.45) is 2.24. The number of amides is 1. The van der Waals surface area contributed by atoms with Gasteiger partial charge in [0, 0.05) is 18.3 Å². The molecule has 4 nitrogen and oxygen atoms in total. The van der Waals surface area contributed by atoms with Gasteiger partial charge in [-0.2, -0.15) is 0 Å². The number of likely N-dealkylation sites (tertiary alicyclic amines) is 1. The fraction of sp³-hybridized carbons (Fsp3) is 0.533. The molecule has 0 bridgehead atoms. The number of anilines is 1. The van der Waals surface area contributed by atoms with Crippen LogP contribution in [0, 0.1) is 13.8 Å². The van der Waals surface area contributed by atoms with Crippen LogP contribution in [0.2, 0.25) is 0 Å². The van der Waals surface area contributed by atoms with Gasteiger partial charge in [0.25, 0.3) is 0 Å². The van der Waals surface area contributed by atoms with Gasteiger partial charge in [0.2, 0.25) is 5.91 Å². The number of carbonyl (C=O) groups is 1. The molecule has 1 heterocycles. The van der Waals surface area contributed by atoms with E-state index in [-0.39, 0.29) is 18.3 Å². The van der Waals surface area contributed by atoms with E-state index in [1.807, 2.05) is 19.1 Å². The Morgan fingerprint density at radius 3 is 2.90 bits per heavy atom. The van der Waals surface area contributed by atoms with Gasteiger partial charge < -0.3 is 11.1 Å². The average molecular weight is 298 g/mol. The highest BCUT2D eigenvalue weighted by Crippen LogP contribution is 2.19. The number of carbonyl (C=O) groups excluding carboxylic acids is 1. The van der Waals surface area contributed by atoms with Crippen molar-refractivity contribution in [3.8, 4) is 0 Å². The van der Waals surface area contributed by atoms with Crippen molar-refractivity contribution < 1.29 is 4.79 Å². The highest BCUT2D eigenvalue weighted by atomic mass is 35.5. The van der Waals surface area contributed by atoms with Crippen LogP contribution in [0.4, 0.5) is 5.69 Å². The number of nitrogens with two attached hydrogens (primary N) is 1. The predicted octanol–water partition coefficient (Wildman–Crippen LogP) is 2.09. The van der Waals surface area contributed by atoms with Gasteiger partial charge in [-0.3, -0.25) is 9.69 Å². The Balaban J connectivity index is 0.00000200. The molecule has 1 amide bonds. The van der Waals surface area contributed by atoms with E-state index in [0.29, 0.717) is 19.1 Å². The van der Waals surface area contributed by atoms with Gasteiger partial charge in [-0.05, 0) is 50.4 Å². The first kappa shape index (κ1) is 17.0. The standard InChI is InChI=1S/C15H23N3O.ClH/c1-11-5-3-7-14(12(11)2)17-15(19)10-18-8-4-6-13(18)9-16;/h3,5,7,13H,4,6,8-10,16H2,1-2H3,(H,17,19);1H. The summed E-state index contributed by atoms with van der Waals surface area (Å²) < 4.78 is 0. The van der Waals surface area contributed by atoms with Crippen LogP contribution in [-0.4, -0.2) is 36.5 Å². The topological polar surface area (TPSA) is 58.4 Å². The van der Waals surface area contributed by atoms with Gasteiger partial charge in [0.15, 0.2) is 0 Å². The molecule has 1 saturated heterocycles. The predicted molar refractivity (Wildman–Crippen MR) is 85.4 cm³/mol. The normalized spacial score (nSPS) is 18.6. The lowest BCUT2D eigenvalue weighted by atomic mass is 10.1. The summed E-state index contributed by atoms with van der Waals surface area (Å²) in [7, 11) is 0. The lowest BCUT2D eigenvalue weighted by Gasteiger charge is -2.22. The highest BCUT2D eigenvalue weighted by Gasteiger charge is 2.24. The second-order valence-corrected chi connectivity index (χ2v) is 5.30. The number of aryl methyl sites for hydroxylation is 1. The van der Waals surface area contributed by atoms with Crippen LogP contribution in [0.15, 0.2) is 18.2 Å². The van der Waals surface area contributed by atoms with E-state index >= 15 is 0 Å². The fourth-order valence-electron chi connectivity index (χ4n) is 2.63. The summed E-state index contributed by atoms with van der Waals surface area (Å²) in [5.74, 6) is 0.0500. The number of hydrogen-bond acceptors (Lipinski definition) is 3. The van der Waals surface area contributed by atoms with Crippen LogP contribution >= 0.6 is 12.4 Å². The second kappa shape index (κ2) is 7.62. The minimum atomic E-state index is 0. The third-order valence-corrected chi connectivity index (χ3v) is 4.00. The van der Waals surface area contributed by atoms with Crippen molar-refractivity contribution >= 4 is 24.0 Å². The number of halogens is 1. The molecular weight excluding hydrogens is 274 g/mol. The molecule has 1 unspecified atom stereocenters. The van der Waals surface area contributed by atoms with Crippen molar-refractivity contribution in [1.82, 2.24) is 4.90 Å². The van der Waals surface area contributed by atoms with Crippen LogP contribution in [0.3, 0.4) is 0 Å². The minimum absolute atomic E-state index is 0. The summed E-state index contributed by atoms with van der Waals surface area (Å²) in [6, 6.07) is 6.33. The van der Waals surface area contributed by atoms with E-state index in [2.05, 4.69) is 23.2 Å². The molecule has 112 valence electrons. The number of nitrogens with zero attached hydrogens (tertiary/aromatic N) is 1. The van der Waals surface area contributed by atoms with Crippen LogP contribution in [-0.2, 0) is 4.79 Å².